The van der Waals surface area contributed by atoms with Crippen LogP contribution in [-0.2, 0) is 12.7 Å². The lowest BCUT2D eigenvalue weighted by Crippen LogP contribution is -2.04. The third-order valence-corrected chi connectivity index (χ3v) is 2.60. The number of alkyl halides is 3. The van der Waals surface area contributed by atoms with Crippen LogP contribution in [0.15, 0.2) is 30.6 Å². The van der Waals surface area contributed by atoms with Crippen LogP contribution in [0.25, 0.3) is 0 Å². The normalized spacial score (nSPS) is 11.6. The summed E-state index contributed by atoms with van der Waals surface area (Å²) < 4.78 is 38.3. The molecule has 0 bridgehead atoms. The third kappa shape index (κ3) is 2.87. The topological polar surface area (TPSA) is 87.0 Å². The van der Waals surface area contributed by atoms with Crippen molar-refractivity contribution < 1.29 is 18.1 Å². The highest BCUT2D eigenvalue weighted by Crippen LogP contribution is 2.29. The Balaban J connectivity index is 2.24. The molecule has 0 aliphatic heterocycles. The molecule has 6 nitrogen and oxygen atoms in total. The molecule has 0 atom stereocenters. The zero-order valence-electron chi connectivity index (χ0n) is 9.96. The van der Waals surface area contributed by atoms with Gasteiger partial charge < -0.3 is 5.73 Å². The predicted octanol–water partition coefficient (Wildman–Crippen LogP) is 2.44. The van der Waals surface area contributed by atoms with Gasteiger partial charge in [0.25, 0.3) is 5.69 Å². The van der Waals surface area contributed by atoms with Crippen LogP contribution in [0.4, 0.5) is 24.5 Å². The Kier molecular flexibility index (Phi) is 3.35. The zero-order chi connectivity index (χ0) is 14.9. The molecule has 2 N–H and O–H groups in total. The van der Waals surface area contributed by atoms with Gasteiger partial charge in [-0.05, 0) is 11.6 Å². The van der Waals surface area contributed by atoms with Gasteiger partial charge in [0.2, 0.25) is 0 Å². The number of nitro groups is 1. The van der Waals surface area contributed by atoms with Gasteiger partial charge in [-0.3, -0.25) is 14.8 Å². The lowest BCUT2D eigenvalue weighted by molar-refractivity contribution is -0.384. The van der Waals surface area contributed by atoms with E-state index in [9.17, 15) is 23.3 Å². The van der Waals surface area contributed by atoms with Crippen molar-refractivity contribution in [3.8, 4) is 0 Å². The molecular weight excluding hydrogens is 277 g/mol. The van der Waals surface area contributed by atoms with Crippen molar-refractivity contribution in [1.82, 2.24) is 9.78 Å². The molecule has 1 heterocycles. The number of nitro benzene ring substituents is 1. The minimum atomic E-state index is -4.47. The van der Waals surface area contributed by atoms with Crippen molar-refractivity contribution in [1.29, 1.82) is 0 Å². The summed E-state index contributed by atoms with van der Waals surface area (Å²) in [5.41, 5.74) is 4.70. The molecule has 2 aromatic rings. The van der Waals surface area contributed by atoms with Gasteiger partial charge in [-0.2, -0.15) is 18.3 Å². The fourth-order valence-electron chi connectivity index (χ4n) is 1.63. The average molecular weight is 286 g/mol. The standard InChI is InChI=1S/C11H9F3N4O2/c12-11(13,14)8-4-16-17(6-8)5-7-1-2-9(15)10(3-7)18(19)20/h1-4,6H,5,15H2. The van der Waals surface area contributed by atoms with Crippen molar-refractivity contribution in [3.05, 3.63) is 51.8 Å². The molecule has 0 fully saturated rings. The molecule has 2 rings (SSSR count). The number of hydrogen-bond donors (Lipinski definition) is 1. The Labute approximate surface area is 110 Å². The van der Waals surface area contributed by atoms with Crippen molar-refractivity contribution >= 4 is 11.4 Å². The quantitative estimate of drug-likeness (QED) is 0.533. The molecule has 0 saturated carbocycles. The summed E-state index contributed by atoms with van der Waals surface area (Å²) >= 11 is 0. The first-order chi connectivity index (χ1) is 9.27. The first-order valence-corrected chi connectivity index (χ1v) is 5.40. The second-order valence-corrected chi connectivity index (χ2v) is 4.07. The first kappa shape index (κ1) is 13.8. The minimum absolute atomic E-state index is 0.00445. The Bertz CT molecular complexity index is 651. The molecule has 20 heavy (non-hydrogen) atoms. The van der Waals surface area contributed by atoms with Gasteiger partial charge in [0, 0.05) is 12.3 Å². The zero-order valence-corrected chi connectivity index (χ0v) is 9.96. The highest BCUT2D eigenvalue weighted by molar-refractivity contribution is 5.59. The number of rotatable bonds is 3. The van der Waals surface area contributed by atoms with Crippen LogP contribution in [-0.4, -0.2) is 14.7 Å². The number of anilines is 1. The molecule has 0 aliphatic rings. The molecule has 0 spiro atoms. The maximum Gasteiger partial charge on any atom is 0.419 e. The Morgan fingerprint density at radius 3 is 2.65 bits per heavy atom. The second-order valence-electron chi connectivity index (χ2n) is 4.07. The molecule has 1 aromatic carbocycles. The maximum atomic E-state index is 12.4. The predicted molar refractivity (Wildman–Crippen MR) is 63.8 cm³/mol. The van der Waals surface area contributed by atoms with E-state index in [0.717, 1.165) is 10.9 Å². The largest absolute Gasteiger partial charge is 0.419 e. The summed E-state index contributed by atoms with van der Waals surface area (Å²) in [7, 11) is 0. The summed E-state index contributed by atoms with van der Waals surface area (Å²) in [5.74, 6) is 0. The van der Waals surface area contributed by atoms with Crippen molar-refractivity contribution in [2.45, 2.75) is 12.7 Å². The fourth-order valence-corrected chi connectivity index (χ4v) is 1.63. The van der Waals surface area contributed by atoms with Crippen LogP contribution in [0.3, 0.4) is 0 Å². The van der Waals surface area contributed by atoms with E-state index in [1.807, 2.05) is 0 Å². The van der Waals surface area contributed by atoms with Crippen LogP contribution < -0.4 is 5.73 Å². The Morgan fingerprint density at radius 2 is 2.10 bits per heavy atom. The molecule has 0 radical (unpaired) electrons. The summed E-state index contributed by atoms with van der Waals surface area (Å²) in [4.78, 5) is 10.1. The molecule has 0 amide bonds. The lowest BCUT2D eigenvalue weighted by atomic mass is 10.2. The van der Waals surface area contributed by atoms with E-state index in [-0.39, 0.29) is 17.9 Å². The van der Waals surface area contributed by atoms with Crippen LogP contribution >= 0.6 is 0 Å². The van der Waals surface area contributed by atoms with E-state index in [2.05, 4.69) is 5.10 Å². The SMILES string of the molecule is Nc1ccc(Cn2cc(C(F)(F)F)cn2)cc1[N+](=O)[O-]. The van der Waals surface area contributed by atoms with Gasteiger partial charge in [0.15, 0.2) is 0 Å². The first-order valence-electron chi connectivity index (χ1n) is 5.40. The third-order valence-electron chi connectivity index (χ3n) is 2.60. The summed E-state index contributed by atoms with van der Waals surface area (Å²) in [6.45, 7) is -0.0167. The molecule has 106 valence electrons. The molecular formula is C11H9F3N4O2. The Morgan fingerprint density at radius 1 is 1.40 bits per heavy atom. The van der Waals surface area contributed by atoms with Gasteiger partial charge in [0.1, 0.15) is 5.69 Å². The number of halogens is 3. The van der Waals surface area contributed by atoms with E-state index < -0.39 is 16.7 Å². The van der Waals surface area contributed by atoms with Crippen LogP contribution in [0, 0.1) is 10.1 Å². The summed E-state index contributed by atoms with van der Waals surface area (Å²) in [6.07, 6.45) is -2.93. The molecule has 0 unspecified atom stereocenters. The van der Waals surface area contributed by atoms with Crippen LogP contribution in [0.2, 0.25) is 0 Å². The van der Waals surface area contributed by atoms with Gasteiger partial charge in [-0.25, -0.2) is 0 Å². The lowest BCUT2D eigenvalue weighted by Gasteiger charge is -2.04. The van der Waals surface area contributed by atoms with E-state index >= 15 is 0 Å². The van der Waals surface area contributed by atoms with E-state index in [0.29, 0.717) is 11.8 Å². The molecule has 1 aromatic heterocycles. The number of nitrogens with zero attached hydrogens (tertiary/aromatic N) is 3. The number of hydrogen-bond acceptors (Lipinski definition) is 4. The van der Waals surface area contributed by atoms with Crippen molar-refractivity contribution in [3.63, 3.8) is 0 Å². The molecule has 0 aliphatic carbocycles. The van der Waals surface area contributed by atoms with Gasteiger partial charge in [0.05, 0.1) is 23.2 Å². The van der Waals surface area contributed by atoms with Crippen LogP contribution in [0.1, 0.15) is 11.1 Å². The van der Waals surface area contributed by atoms with E-state index in [4.69, 9.17) is 5.73 Å². The average Bonchev–Trinajstić information content (AvgIpc) is 2.79. The highest BCUT2D eigenvalue weighted by atomic mass is 19.4. The van der Waals surface area contributed by atoms with Crippen LogP contribution in [0.5, 0.6) is 0 Å². The monoisotopic (exact) mass is 286 g/mol. The van der Waals surface area contributed by atoms with E-state index in [1.54, 1.807) is 0 Å². The highest BCUT2D eigenvalue weighted by Gasteiger charge is 2.32. The maximum absolute atomic E-state index is 12.4. The van der Waals surface area contributed by atoms with Gasteiger partial charge in [-0.15, -0.1) is 0 Å². The minimum Gasteiger partial charge on any atom is -0.393 e. The Hall–Kier alpha value is -2.58. The number of benzene rings is 1. The smallest absolute Gasteiger partial charge is 0.393 e. The van der Waals surface area contributed by atoms with Gasteiger partial charge >= 0.3 is 6.18 Å². The summed E-state index contributed by atoms with van der Waals surface area (Å²) in [6, 6.07) is 4.04. The van der Waals surface area contributed by atoms with E-state index in [1.165, 1.54) is 18.2 Å². The van der Waals surface area contributed by atoms with Gasteiger partial charge in [-0.1, -0.05) is 6.07 Å². The molecule has 0 saturated heterocycles. The van der Waals surface area contributed by atoms with Crippen molar-refractivity contribution in [2.24, 2.45) is 0 Å². The number of nitrogens with two attached hydrogens (primary N) is 1. The fraction of sp³-hybridized carbons (Fsp3) is 0.182. The van der Waals surface area contributed by atoms with Crippen molar-refractivity contribution in [2.75, 3.05) is 5.73 Å². The second kappa shape index (κ2) is 4.83. The molecule has 9 heteroatoms. The number of nitrogen functional groups attached to an aromatic ring is 1. The number of aromatic nitrogens is 2. The summed E-state index contributed by atoms with van der Waals surface area (Å²) in [5, 5.41) is 14.3.